The number of aryl methyl sites for hydroxylation is 4. The summed E-state index contributed by atoms with van der Waals surface area (Å²) in [5.74, 6) is 0.164. The Morgan fingerprint density at radius 2 is 1.24 bits per heavy atom. The largest absolute Gasteiger partial charge is 0.456 e. The fourth-order valence-electron chi connectivity index (χ4n) is 7.35. The van der Waals surface area contributed by atoms with Gasteiger partial charge in [-0.05, 0) is 113 Å². The van der Waals surface area contributed by atoms with Crippen molar-refractivity contribution in [1.29, 1.82) is 0 Å². The van der Waals surface area contributed by atoms with Crippen molar-refractivity contribution in [2.45, 2.75) is 65.2 Å². The number of anilines is 4. The molecule has 0 bridgehead atoms. The van der Waals surface area contributed by atoms with Crippen LogP contribution in [0.3, 0.4) is 0 Å². The molecule has 4 aromatic rings. The molecule has 0 amide bonds. The third-order valence-corrected chi connectivity index (χ3v) is 11.4. The van der Waals surface area contributed by atoms with Crippen LogP contribution in [0, 0.1) is 41.5 Å². The molecule has 54 heavy (non-hydrogen) atoms. The molecule has 1 aliphatic carbocycles. The van der Waals surface area contributed by atoms with Crippen LogP contribution >= 0.6 is 0 Å². The lowest BCUT2D eigenvalue weighted by molar-refractivity contribution is 0.480. The van der Waals surface area contributed by atoms with Gasteiger partial charge in [0.25, 0.3) is 20.2 Å². The SMILES string of the molecule is CCNc1c(C)cc(C)c(/N=c2/cc3oc4cc(Nc5c(C)cc(C)c(NCC)c5C)ccc4c(-c4ccccc4S(=O)(=O)O)c-3cc2S(=O)(=O)O)c1C. The Hall–Kier alpha value is -5.21. The summed E-state index contributed by atoms with van der Waals surface area (Å²) in [7, 11) is -9.62. The molecular formula is C41H44N4O7S2. The standard InChI is InChI=1S/C41H44N4O7S2/c1-9-42-38-22(3)17-24(5)40(26(38)7)44-28-15-16-29-33(19-28)52-34-21-32(45-41-25(6)18-23(4)39(27(41)8)43-10-2)36(54(49,50)51)20-31(34)37(29)30-13-11-12-14-35(30)53(46,47)48/h11-21,42-44H,9-10H2,1-8H3,(H,46,47,48)(H,49,50,51)/b45-32-. The first-order valence-corrected chi connectivity index (χ1v) is 20.4. The van der Waals surface area contributed by atoms with Crippen molar-refractivity contribution in [3.05, 3.63) is 105 Å². The predicted octanol–water partition coefficient (Wildman–Crippen LogP) is 9.39. The second-order valence-corrected chi connectivity index (χ2v) is 16.3. The molecule has 0 aromatic heterocycles. The van der Waals surface area contributed by atoms with Gasteiger partial charge >= 0.3 is 0 Å². The highest BCUT2D eigenvalue weighted by Gasteiger charge is 2.27. The van der Waals surface area contributed by atoms with Crippen LogP contribution in [0.25, 0.3) is 33.4 Å². The summed E-state index contributed by atoms with van der Waals surface area (Å²) in [6, 6.07) is 18.0. The molecule has 13 heteroatoms. The van der Waals surface area contributed by atoms with Gasteiger partial charge < -0.3 is 20.4 Å². The van der Waals surface area contributed by atoms with Gasteiger partial charge in [-0.2, -0.15) is 16.8 Å². The normalized spacial score (nSPS) is 12.4. The first kappa shape index (κ1) is 38.5. The second kappa shape index (κ2) is 14.6. The number of hydrogen-bond donors (Lipinski definition) is 5. The molecule has 282 valence electrons. The van der Waals surface area contributed by atoms with Gasteiger partial charge in [-0.1, -0.05) is 30.3 Å². The van der Waals surface area contributed by atoms with Crippen LogP contribution in [-0.2, 0) is 20.2 Å². The van der Waals surface area contributed by atoms with E-state index < -0.39 is 25.1 Å². The second-order valence-electron chi connectivity index (χ2n) is 13.5. The van der Waals surface area contributed by atoms with E-state index >= 15 is 0 Å². The van der Waals surface area contributed by atoms with Gasteiger partial charge in [0.1, 0.15) is 21.1 Å². The van der Waals surface area contributed by atoms with Crippen LogP contribution < -0.4 is 21.3 Å². The Bertz CT molecular complexity index is 2740. The zero-order valence-corrected chi connectivity index (χ0v) is 33.1. The Labute approximate surface area is 316 Å². The van der Waals surface area contributed by atoms with Crippen molar-refractivity contribution in [2.24, 2.45) is 4.99 Å². The fourth-order valence-corrected chi connectivity index (χ4v) is 8.69. The lowest BCUT2D eigenvalue weighted by Gasteiger charge is -2.21. The number of fused-ring (bicyclic) bond motifs is 2. The van der Waals surface area contributed by atoms with Crippen molar-refractivity contribution in [2.75, 3.05) is 29.0 Å². The molecule has 6 rings (SSSR count). The van der Waals surface area contributed by atoms with E-state index in [0.717, 1.165) is 57.0 Å². The van der Waals surface area contributed by atoms with Gasteiger partial charge in [0.15, 0.2) is 0 Å². The number of nitrogens with one attached hydrogen (secondary N) is 3. The average Bonchev–Trinajstić information content (AvgIpc) is 3.10. The van der Waals surface area contributed by atoms with Gasteiger partial charge in [0, 0.05) is 70.0 Å². The number of hydrogen-bond acceptors (Lipinski definition) is 9. The topological polar surface area (TPSA) is 170 Å². The number of nitrogens with zero attached hydrogens (tertiary/aromatic N) is 1. The van der Waals surface area contributed by atoms with Crippen molar-refractivity contribution in [1.82, 2.24) is 0 Å². The van der Waals surface area contributed by atoms with Gasteiger partial charge in [-0.25, -0.2) is 4.99 Å². The minimum Gasteiger partial charge on any atom is -0.456 e. The fraction of sp³-hybridized carbons (Fsp3) is 0.244. The lowest BCUT2D eigenvalue weighted by atomic mass is 9.93. The monoisotopic (exact) mass is 768 g/mol. The van der Waals surface area contributed by atoms with Crippen molar-refractivity contribution in [3.8, 4) is 22.5 Å². The highest BCUT2D eigenvalue weighted by molar-refractivity contribution is 7.86. The zero-order valence-electron chi connectivity index (χ0n) is 31.5. The van der Waals surface area contributed by atoms with Crippen LogP contribution in [0.5, 0.6) is 0 Å². The third-order valence-electron chi connectivity index (χ3n) is 9.63. The number of rotatable bonds is 10. The summed E-state index contributed by atoms with van der Waals surface area (Å²) >= 11 is 0. The van der Waals surface area contributed by atoms with Crippen molar-refractivity contribution >= 4 is 59.6 Å². The predicted molar refractivity (Wildman–Crippen MR) is 216 cm³/mol. The Kier molecular flexibility index (Phi) is 10.4. The molecule has 1 heterocycles. The molecule has 5 N–H and O–H groups in total. The van der Waals surface area contributed by atoms with E-state index in [1.165, 1.54) is 30.3 Å². The summed E-state index contributed by atoms with van der Waals surface area (Å²) in [6.07, 6.45) is 0. The van der Waals surface area contributed by atoms with Crippen LogP contribution in [-0.4, -0.2) is 39.0 Å². The summed E-state index contributed by atoms with van der Waals surface area (Å²) in [5, 5.41) is 10.7. The summed E-state index contributed by atoms with van der Waals surface area (Å²) in [5.41, 5.74) is 10.7. The maximum Gasteiger partial charge on any atom is 0.296 e. The molecule has 0 spiro atoms. The number of benzene rings is 5. The molecule has 0 unspecified atom stereocenters. The molecule has 0 atom stereocenters. The van der Waals surface area contributed by atoms with Crippen molar-refractivity contribution < 1.29 is 30.4 Å². The maximum atomic E-state index is 13.1. The average molecular weight is 769 g/mol. The zero-order chi connectivity index (χ0) is 39.3. The molecule has 2 aliphatic rings. The first-order chi connectivity index (χ1) is 25.4. The van der Waals surface area contributed by atoms with Gasteiger partial charge in [-0.15, -0.1) is 0 Å². The first-order valence-electron chi connectivity index (χ1n) is 17.5. The summed E-state index contributed by atoms with van der Waals surface area (Å²) in [6.45, 7) is 17.3. The molecule has 0 fully saturated rings. The molecule has 0 saturated heterocycles. The van der Waals surface area contributed by atoms with Crippen LogP contribution in [0.1, 0.15) is 47.2 Å². The third kappa shape index (κ3) is 7.19. The van der Waals surface area contributed by atoms with Crippen LogP contribution in [0.4, 0.5) is 28.4 Å². The van der Waals surface area contributed by atoms with E-state index in [9.17, 15) is 25.9 Å². The Balaban J connectivity index is 1.71. The molecule has 0 radical (unpaired) electrons. The highest BCUT2D eigenvalue weighted by atomic mass is 32.2. The van der Waals surface area contributed by atoms with E-state index in [4.69, 9.17) is 9.41 Å². The van der Waals surface area contributed by atoms with E-state index in [-0.39, 0.29) is 32.7 Å². The maximum absolute atomic E-state index is 13.1. The summed E-state index contributed by atoms with van der Waals surface area (Å²) < 4.78 is 79.1. The Morgan fingerprint density at radius 1 is 0.648 bits per heavy atom. The lowest BCUT2D eigenvalue weighted by Crippen LogP contribution is -2.16. The quantitative estimate of drug-likeness (QED) is 0.0668. The molecule has 11 nitrogen and oxygen atoms in total. The minimum absolute atomic E-state index is 0.0734. The van der Waals surface area contributed by atoms with Gasteiger partial charge in [0.2, 0.25) is 0 Å². The van der Waals surface area contributed by atoms with E-state index in [1.807, 2.05) is 60.6 Å². The summed E-state index contributed by atoms with van der Waals surface area (Å²) in [4.78, 5) is 3.93. The molecular weight excluding hydrogens is 725 g/mol. The molecule has 4 aromatic carbocycles. The molecule has 0 saturated carbocycles. The molecule has 1 aliphatic heterocycles. The minimum atomic E-state index is -4.88. The van der Waals surface area contributed by atoms with E-state index in [2.05, 4.69) is 28.9 Å². The van der Waals surface area contributed by atoms with E-state index in [0.29, 0.717) is 28.9 Å². The van der Waals surface area contributed by atoms with Gasteiger partial charge in [0.05, 0.1) is 11.0 Å². The van der Waals surface area contributed by atoms with E-state index in [1.54, 1.807) is 18.2 Å². The van der Waals surface area contributed by atoms with Crippen molar-refractivity contribution in [3.63, 3.8) is 0 Å². The van der Waals surface area contributed by atoms with Crippen LogP contribution in [0.2, 0.25) is 0 Å². The van der Waals surface area contributed by atoms with Crippen LogP contribution in [0.15, 0.2) is 85.9 Å². The smallest absolute Gasteiger partial charge is 0.296 e. The van der Waals surface area contributed by atoms with Gasteiger partial charge in [-0.3, -0.25) is 9.11 Å². The Morgan fingerprint density at radius 3 is 1.87 bits per heavy atom. The highest BCUT2D eigenvalue weighted by Crippen LogP contribution is 2.44.